The molecule has 0 aliphatic carbocycles. The number of ether oxygens (including phenoxy) is 1. The molecule has 3 rings (SSSR count). The van der Waals surface area contributed by atoms with Crippen molar-refractivity contribution in [1.29, 1.82) is 0 Å². The maximum absolute atomic E-state index is 12.3. The van der Waals surface area contributed by atoms with Gasteiger partial charge in [0.25, 0.3) is 11.8 Å². The zero-order valence-corrected chi connectivity index (χ0v) is 12.5. The number of morpholine rings is 1. The Balaban J connectivity index is 1.69. The van der Waals surface area contributed by atoms with Gasteiger partial charge < -0.3 is 10.1 Å². The molecule has 1 atom stereocenters. The maximum atomic E-state index is 12.3. The van der Waals surface area contributed by atoms with E-state index >= 15 is 0 Å². The van der Waals surface area contributed by atoms with Gasteiger partial charge in [-0.1, -0.05) is 15.9 Å². The Morgan fingerprint density at radius 3 is 2.85 bits per heavy atom. The predicted molar refractivity (Wildman–Crippen MR) is 76.7 cm³/mol. The monoisotopic (exact) mass is 338 g/mol. The van der Waals surface area contributed by atoms with E-state index < -0.39 is 0 Å². The van der Waals surface area contributed by atoms with Crippen LogP contribution in [0.4, 0.5) is 0 Å². The molecule has 1 saturated heterocycles. The molecule has 2 aliphatic rings. The van der Waals surface area contributed by atoms with Crippen molar-refractivity contribution in [3.05, 3.63) is 33.8 Å². The van der Waals surface area contributed by atoms with E-state index in [4.69, 9.17) is 4.74 Å². The molecule has 0 aromatic heterocycles. The number of carbonyl (C=O) groups is 2. The number of amides is 2. The summed E-state index contributed by atoms with van der Waals surface area (Å²) in [7, 11) is 0. The Morgan fingerprint density at radius 1 is 1.30 bits per heavy atom. The van der Waals surface area contributed by atoms with Gasteiger partial charge in [0.1, 0.15) is 0 Å². The highest BCUT2D eigenvalue weighted by atomic mass is 79.9. The van der Waals surface area contributed by atoms with Crippen LogP contribution in [-0.4, -0.2) is 49.1 Å². The molecule has 0 saturated carbocycles. The van der Waals surface area contributed by atoms with Crippen LogP contribution in [0.25, 0.3) is 0 Å². The molecule has 1 unspecified atom stereocenters. The molecule has 6 heteroatoms. The highest BCUT2D eigenvalue weighted by molar-refractivity contribution is 9.10. The summed E-state index contributed by atoms with van der Waals surface area (Å²) in [6, 6.07) is 5.39. The average molecular weight is 339 g/mol. The highest BCUT2D eigenvalue weighted by Gasteiger charge is 2.35. The Kier molecular flexibility index (Phi) is 3.87. The van der Waals surface area contributed by atoms with Crippen molar-refractivity contribution >= 4 is 27.7 Å². The van der Waals surface area contributed by atoms with E-state index in [1.54, 1.807) is 18.2 Å². The smallest absolute Gasteiger partial charge is 0.261 e. The third kappa shape index (κ3) is 2.51. The number of imide groups is 1. The molecular weight excluding hydrogens is 324 g/mol. The van der Waals surface area contributed by atoms with Crippen LogP contribution in [0.1, 0.15) is 27.1 Å². The molecule has 1 N–H and O–H groups in total. The van der Waals surface area contributed by atoms with E-state index in [9.17, 15) is 9.59 Å². The normalized spacial score (nSPS) is 22.2. The van der Waals surface area contributed by atoms with Gasteiger partial charge in [0.15, 0.2) is 0 Å². The lowest BCUT2D eigenvalue weighted by Gasteiger charge is -2.25. The lowest BCUT2D eigenvalue weighted by molar-refractivity contribution is 0.0574. The lowest BCUT2D eigenvalue weighted by atomic mass is 10.1. The zero-order chi connectivity index (χ0) is 14.1. The van der Waals surface area contributed by atoms with Crippen molar-refractivity contribution in [3.63, 3.8) is 0 Å². The average Bonchev–Trinajstić information content (AvgIpc) is 2.70. The van der Waals surface area contributed by atoms with Gasteiger partial charge >= 0.3 is 0 Å². The molecule has 2 heterocycles. The van der Waals surface area contributed by atoms with Crippen LogP contribution >= 0.6 is 15.9 Å². The van der Waals surface area contributed by atoms with Crippen LogP contribution in [0.15, 0.2) is 22.7 Å². The Labute approximate surface area is 125 Å². The Morgan fingerprint density at radius 2 is 2.10 bits per heavy atom. The first-order valence-corrected chi connectivity index (χ1v) is 7.43. The van der Waals surface area contributed by atoms with Crippen molar-refractivity contribution in [2.45, 2.75) is 12.5 Å². The molecule has 1 fully saturated rings. The SMILES string of the molecule is O=C1c2ccc(Br)cc2C(=O)N1CCC1COCCN1. The number of hydrogen-bond donors (Lipinski definition) is 1. The summed E-state index contributed by atoms with van der Waals surface area (Å²) >= 11 is 3.33. The minimum absolute atomic E-state index is 0.200. The predicted octanol–water partition coefficient (Wildman–Crippen LogP) is 1.42. The van der Waals surface area contributed by atoms with Gasteiger partial charge in [0.2, 0.25) is 0 Å². The number of halogens is 1. The maximum Gasteiger partial charge on any atom is 0.261 e. The first-order chi connectivity index (χ1) is 9.66. The third-order valence-electron chi connectivity index (χ3n) is 3.63. The number of hydrogen-bond acceptors (Lipinski definition) is 4. The van der Waals surface area contributed by atoms with Crippen molar-refractivity contribution < 1.29 is 14.3 Å². The highest BCUT2D eigenvalue weighted by Crippen LogP contribution is 2.26. The topological polar surface area (TPSA) is 58.6 Å². The summed E-state index contributed by atoms with van der Waals surface area (Å²) in [4.78, 5) is 25.8. The van der Waals surface area contributed by atoms with Crippen molar-refractivity contribution in [2.75, 3.05) is 26.3 Å². The number of nitrogens with zero attached hydrogens (tertiary/aromatic N) is 1. The van der Waals surface area contributed by atoms with E-state index in [-0.39, 0.29) is 17.9 Å². The quantitative estimate of drug-likeness (QED) is 0.847. The molecule has 2 aliphatic heterocycles. The number of carbonyl (C=O) groups excluding carboxylic acids is 2. The summed E-state index contributed by atoms with van der Waals surface area (Å²) in [5, 5.41) is 3.32. The van der Waals surface area contributed by atoms with Crippen LogP contribution in [0.3, 0.4) is 0 Å². The molecule has 5 nitrogen and oxygen atoms in total. The van der Waals surface area contributed by atoms with E-state index in [0.717, 1.165) is 17.6 Å². The first-order valence-electron chi connectivity index (χ1n) is 6.63. The second kappa shape index (κ2) is 5.63. The molecule has 0 spiro atoms. The van der Waals surface area contributed by atoms with Crippen LogP contribution in [0.2, 0.25) is 0 Å². The molecule has 2 amide bonds. The van der Waals surface area contributed by atoms with E-state index in [1.807, 2.05) is 0 Å². The van der Waals surface area contributed by atoms with Crippen LogP contribution < -0.4 is 5.32 Å². The molecule has 0 radical (unpaired) electrons. The van der Waals surface area contributed by atoms with Crippen molar-refractivity contribution in [3.8, 4) is 0 Å². The first kappa shape index (κ1) is 13.7. The van der Waals surface area contributed by atoms with Gasteiger partial charge in [-0.2, -0.15) is 0 Å². The zero-order valence-electron chi connectivity index (χ0n) is 10.9. The summed E-state index contributed by atoms with van der Waals surface area (Å²) in [6.07, 6.45) is 0.715. The van der Waals surface area contributed by atoms with E-state index in [1.165, 1.54) is 4.90 Å². The van der Waals surface area contributed by atoms with Crippen LogP contribution in [0, 0.1) is 0 Å². The minimum Gasteiger partial charge on any atom is -0.379 e. The molecule has 20 heavy (non-hydrogen) atoms. The van der Waals surface area contributed by atoms with Gasteiger partial charge in [-0.15, -0.1) is 0 Å². The molecule has 0 bridgehead atoms. The fourth-order valence-corrected chi connectivity index (χ4v) is 2.92. The molecular formula is C14H15BrN2O3. The Hall–Kier alpha value is -1.24. The second-order valence-electron chi connectivity index (χ2n) is 4.97. The number of rotatable bonds is 3. The summed E-state index contributed by atoms with van der Waals surface area (Å²) in [5.41, 5.74) is 0.975. The molecule has 106 valence electrons. The van der Waals surface area contributed by atoms with Crippen molar-refractivity contribution in [2.24, 2.45) is 0 Å². The van der Waals surface area contributed by atoms with Gasteiger partial charge in [-0.05, 0) is 24.6 Å². The summed E-state index contributed by atoms with van der Waals surface area (Å²) in [6.45, 7) is 2.59. The van der Waals surface area contributed by atoms with Gasteiger partial charge in [-0.25, -0.2) is 0 Å². The van der Waals surface area contributed by atoms with Gasteiger partial charge in [0.05, 0.1) is 24.3 Å². The lowest BCUT2D eigenvalue weighted by Crippen LogP contribution is -2.44. The fourth-order valence-electron chi connectivity index (χ4n) is 2.56. The summed E-state index contributed by atoms with van der Waals surface area (Å²) in [5.74, 6) is -0.405. The largest absolute Gasteiger partial charge is 0.379 e. The third-order valence-corrected chi connectivity index (χ3v) is 4.13. The minimum atomic E-state index is -0.206. The fraction of sp³-hybridized carbons (Fsp3) is 0.429. The van der Waals surface area contributed by atoms with E-state index in [0.29, 0.717) is 30.7 Å². The number of benzene rings is 1. The summed E-state index contributed by atoms with van der Waals surface area (Å²) < 4.78 is 6.18. The van der Waals surface area contributed by atoms with Gasteiger partial charge in [-0.3, -0.25) is 14.5 Å². The standard InChI is InChI=1S/C14H15BrN2O3/c15-9-1-2-11-12(7-9)14(19)17(13(11)18)5-3-10-8-20-6-4-16-10/h1-2,7,10,16H,3-6,8H2. The Bertz CT molecular complexity index is 555. The van der Waals surface area contributed by atoms with E-state index in [2.05, 4.69) is 21.2 Å². The van der Waals surface area contributed by atoms with Crippen LogP contribution in [-0.2, 0) is 4.74 Å². The number of nitrogens with one attached hydrogen (secondary N) is 1. The number of fused-ring (bicyclic) bond motifs is 1. The van der Waals surface area contributed by atoms with Gasteiger partial charge in [0, 0.05) is 23.6 Å². The molecule has 1 aromatic carbocycles. The van der Waals surface area contributed by atoms with Crippen molar-refractivity contribution in [1.82, 2.24) is 10.2 Å². The second-order valence-corrected chi connectivity index (χ2v) is 5.88. The van der Waals surface area contributed by atoms with Crippen LogP contribution in [0.5, 0.6) is 0 Å². The molecule has 1 aromatic rings.